The lowest BCUT2D eigenvalue weighted by Gasteiger charge is -2.26. The number of rotatable bonds is 5. The summed E-state index contributed by atoms with van der Waals surface area (Å²) in [5.74, 6) is 1.39. The minimum Gasteiger partial charge on any atom is -0.496 e. The second-order valence-corrected chi connectivity index (χ2v) is 5.65. The van der Waals surface area contributed by atoms with Crippen LogP contribution in [0.1, 0.15) is 31.2 Å². The molecule has 0 saturated heterocycles. The van der Waals surface area contributed by atoms with Crippen molar-refractivity contribution in [2.24, 2.45) is 5.92 Å². The second-order valence-electron chi connectivity index (χ2n) is 5.24. The Morgan fingerprint density at radius 1 is 1.42 bits per heavy atom. The van der Waals surface area contributed by atoms with E-state index in [1.54, 1.807) is 7.11 Å². The molecule has 4 heteroatoms. The van der Waals surface area contributed by atoms with Gasteiger partial charge in [0.25, 0.3) is 0 Å². The van der Waals surface area contributed by atoms with Crippen LogP contribution in [-0.4, -0.2) is 24.9 Å². The van der Waals surface area contributed by atoms with E-state index in [2.05, 4.69) is 5.32 Å². The first-order chi connectivity index (χ1) is 9.20. The summed E-state index contributed by atoms with van der Waals surface area (Å²) in [6.07, 6.45) is 4.07. The predicted molar refractivity (Wildman–Crippen MR) is 77.7 cm³/mol. The van der Waals surface area contributed by atoms with E-state index in [4.69, 9.17) is 16.3 Å². The minimum atomic E-state index is -0.115. The molecule has 3 nitrogen and oxygen atoms in total. The zero-order valence-corrected chi connectivity index (χ0v) is 12.1. The average Bonchev–Trinajstić information content (AvgIpc) is 2.40. The van der Waals surface area contributed by atoms with Gasteiger partial charge in [-0.05, 0) is 43.9 Å². The molecule has 0 aromatic heterocycles. The van der Waals surface area contributed by atoms with Crippen LogP contribution in [0.4, 0.5) is 0 Å². The molecule has 2 rings (SSSR count). The van der Waals surface area contributed by atoms with E-state index in [9.17, 15) is 5.11 Å². The Balaban J connectivity index is 1.85. The van der Waals surface area contributed by atoms with E-state index in [-0.39, 0.29) is 6.10 Å². The molecule has 0 amide bonds. The fourth-order valence-electron chi connectivity index (χ4n) is 2.75. The summed E-state index contributed by atoms with van der Waals surface area (Å²) in [7, 11) is 1.66. The fraction of sp³-hybridized carbons (Fsp3) is 0.600. The molecular weight excluding hydrogens is 262 g/mol. The van der Waals surface area contributed by atoms with Crippen LogP contribution in [0.15, 0.2) is 18.2 Å². The van der Waals surface area contributed by atoms with Crippen molar-refractivity contribution in [3.8, 4) is 5.75 Å². The number of ether oxygens (including phenoxy) is 1. The van der Waals surface area contributed by atoms with Gasteiger partial charge in [-0.25, -0.2) is 0 Å². The monoisotopic (exact) mass is 283 g/mol. The summed E-state index contributed by atoms with van der Waals surface area (Å²) < 4.78 is 5.32. The number of hydrogen-bond acceptors (Lipinski definition) is 3. The summed E-state index contributed by atoms with van der Waals surface area (Å²) in [4.78, 5) is 0. The van der Waals surface area contributed by atoms with Crippen LogP contribution in [0.25, 0.3) is 0 Å². The first-order valence-electron chi connectivity index (χ1n) is 6.91. The molecule has 1 fully saturated rings. The van der Waals surface area contributed by atoms with Crippen molar-refractivity contribution in [1.82, 2.24) is 5.32 Å². The zero-order valence-electron chi connectivity index (χ0n) is 11.4. The van der Waals surface area contributed by atoms with Crippen LogP contribution < -0.4 is 10.1 Å². The largest absolute Gasteiger partial charge is 0.496 e. The van der Waals surface area contributed by atoms with Crippen LogP contribution in [0, 0.1) is 5.92 Å². The Morgan fingerprint density at radius 2 is 2.26 bits per heavy atom. The minimum absolute atomic E-state index is 0.115. The molecular formula is C15H22ClNO2. The predicted octanol–water partition coefficient (Wildman–Crippen LogP) is 2.99. The van der Waals surface area contributed by atoms with Crippen molar-refractivity contribution in [2.75, 3.05) is 13.7 Å². The Bertz CT molecular complexity index is 411. The Morgan fingerprint density at radius 3 is 3.00 bits per heavy atom. The normalized spacial score (nSPS) is 23.3. The lowest BCUT2D eigenvalue weighted by molar-refractivity contribution is 0.101. The van der Waals surface area contributed by atoms with E-state index in [1.165, 1.54) is 6.42 Å². The van der Waals surface area contributed by atoms with Crippen molar-refractivity contribution in [2.45, 2.75) is 38.3 Å². The maximum absolute atomic E-state index is 9.65. The number of halogens is 1. The van der Waals surface area contributed by atoms with Crippen molar-refractivity contribution in [1.29, 1.82) is 0 Å². The first-order valence-corrected chi connectivity index (χ1v) is 7.28. The molecule has 1 aromatic carbocycles. The quantitative estimate of drug-likeness (QED) is 0.873. The van der Waals surface area contributed by atoms with Crippen LogP contribution in [0.3, 0.4) is 0 Å². The standard InChI is InChI=1S/C15H22ClNO2/c1-19-15-7-3-6-14(16)13(15)10-17-9-11-4-2-5-12(18)8-11/h3,6-7,11-12,17-18H,2,4-5,8-10H2,1H3. The van der Waals surface area contributed by atoms with Gasteiger partial charge >= 0.3 is 0 Å². The molecule has 0 aliphatic heterocycles. The molecule has 2 atom stereocenters. The molecule has 1 saturated carbocycles. The average molecular weight is 284 g/mol. The molecule has 0 radical (unpaired) electrons. The molecule has 1 aromatic rings. The number of aliphatic hydroxyl groups excluding tert-OH is 1. The van der Waals surface area contributed by atoms with Gasteiger partial charge in [0.2, 0.25) is 0 Å². The smallest absolute Gasteiger partial charge is 0.124 e. The summed E-state index contributed by atoms with van der Waals surface area (Å²) in [5, 5.41) is 13.8. The molecule has 106 valence electrons. The fourth-order valence-corrected chi connectivity index (χ4v) is 2.98. The number of aliphatic hydroxyl groups is 1. The van der Waals surface area contributed by atoms with E-state index in [1.807, 2.05) is 18.2 Å². The topological polar surface area (TPSA) is 41.5 Å². The molecule has 19 heavy (non-hydrogen) atoms. The zero-order chi connectivity index (χ0) is 13.7. The van der Waals surface area contributed by atoms with Gasteiger partial charge in [-0.3, -0.25) is 0 Å². The molecule has 1 aliphatic carbocycles. The Labute approximate surface area is 119 Å². The highest BCUT2D eigenvalue weighted by Gasteiger charge is 2.19. The molecule has 2 unspecified atom stereocenters. The van der Waals surface area contributed by atoms with Crippen LogP contribution >= 0.6 is 11.6 Å². The summed E-state index contributed by atoms with van der Waals surface area (Å²) >= 11 is 6.19. The van der Waals surface area contributed by atoms with Crippen LogP contribution in [0.5, 0.6) is 5.75 Å². The van der Waals surface area contributed by atoms with Crippen molar-refractivity contribution < 1.29 is 9.84 Å². The van der Waals surface area contributed by atoms with Gasteiger partial charge in [-0.2, -0.15) is 0 Å². The third-order valence-corrected chi connectivity index (χ3v) is 4.14. The summed E-state index contributed by atoms with van der Waals surface area (Å²) in [6.45, 7) is 1.63. The molecule has 0 bridgehead atoms. The van der Waals surface area contributed by atoms with Gasteiger partial charge in [0, 0.05) is 17.1 Å². The van der Waals surface area contributed by atoms with Crippen molar-refractivity contribution >= 4 is 11.6 Å². The van der Waals surface area contributed by atoms with Gasteiger partial charge in [-0.15, -0.1) is 0 Å². The van der Waals surface area contributed by atoms with E-state index < -0.39 is 0 Å². The van der Waals surface area contributed by atoms with Gasteiger partial charge in [0.15, 0.2) is 0 Å². The maximum atomic E-state index is 9.65. The second kappa shape index (κ2) is 7.13. The van der Waals surface area contributed by atoms with Gasteiger partial charge in [0.1, 0.15) is 5.75 Å². The lowest BCUT2D eigenvalue weighted by Crippen LogP contribution is -2.29. The first kappa shape index (κ1) is 14.6. The Hall–Kier alpha value is -0.770. The molecule has 1 aliphatic rings. The van der Waals surface area contributed by atoms with Gasteiger partial charge in [0.05, 0.1) is 13.2 Å². The van der Waals surface area contributed by atoms with E-state index >= 15 is 0 Å². The highest BCUT2D eigenvalue weighted by atomic mass is 35.5. The van der Waals surface area contributed by atoms with E-state index in [0.717, 1.165) is 42.1 Å². The highest BCUT2D eigenvalue weighted by Crippen LogP contribution is 2.27. The van der Waals surface area contributed by atoms with Crippen molar-refractivity contribution in [3.05, 3.63) is 28.8 Å². The molecule has 0 spiro atoms. The third-order valence-electron chi connectivity index (χ3n) is 3.79. The number of benzene rings is 1. The third kappa shape index (κ3) is 4.10. The molecule has 0 heterocycles. The summed E-state index contributed by atoms with van der Waals surface area (Å²) in [5.41, 5.74) is 1.00. The van der Waals surface area contributed by atoms with E-state index in [0.29, 0.717) is 12.5 Å². The number of hydrogen-bond donors (Lipinski definition) is 2. The Kier molecular flexibility index (Phi) is 5.49. The molecule has 2 N–H and O–H groups in total. The van der Waals surface area contributed by atoms with Crippen molar-refractivity contribution in [3.63, 3.8) is 0 Å². The summed E-state index contributed by atoms with van der Waals surface area (Å²) in [6, 6.07) is 5.70. The van der Waals surface area contributed by atoms with Gasteiger partial charge in [-0.1, -0.05) is 24.1 Å². The van der Waals surface area contributed by atoms with Crippen LogP contribution in [-0.2, 0) is 6.54 Å². The van der Waals surface area contributed by atoms with Gasteiger partial charge < -0.3 is 15.2 Å². The highest BCUT2D eigenvalue weighted by molar-refractivity contribution is 6.31. The SMILES string of the molecule is COc1cccc(Cl)c1CNCC1CCCC(O)C1. The maximum Gasteiger partial charge on any atom is 0.124 e. The number of methoxy groups -OCH3 is 1. The number of nitrogens with one attached hydrogen (secondary N) is 1. The lowest BCUT2D eigenvalue weighted by atomic mass is 9.87. The van der Waals surface area contributed by atoms with Crippen LogP contribution in [0.2, 0.25) is 5.02 Å².